The zero-order valence-electron chi connectivity index (χ0n) is 12.0. The maximum absolute atomic E-state index is 12.2. The van der Waals surface area contributed by atoms with Gasteiger partial charge in [-0.25, -0.2) is 0 Å². The number of ketones is 1. The van der Waals surface area contributed by atoms with Crippen molar-refractivity contribution in [3.05, 3.63) is 71.3 Å². The molecule has 0 aliphatic heterocycles. The van der Waals surface area contributed by atoms with Crippen molar-refractivity contribution in [3.8, 4) is 6.07 Å². The Bertz CT molecular complexity index is 754. The number of carbonyl (C=O) groups excluding carboxylic acids is 2. The molecule has 0 unspecified atom stereocenters. The molecule has 0 saturated heterocycles. The average Bonchev–Trinajstić information content (AvgIpc) is 2.54. The summed E-state index contributed by atoms with van der Waals surface area (Å²) in [6, 6.07) is 17.5. The number of allylic oxidation sites excluding steroid dienone is 1. The van der Waals surface area contributed by atoms with Gasteiger partial charge >= 0.3 is 0 Å². The molecular weight excluding hydrogens is 276 g/mol. The van der Waals surface area contributed by atoms with Crippen molar-refractivity contribution in [1.82, 2.24) is 0 Å². The van der Waals surface area contributed by atoms with E-state index in [1.165, 1.54) is 13.0 Å². The number of rotatable bonds is 4. The lowest BCUT2D eigenvalue weighted by atomic mass is 10.0. The molecule has 0 aliphatic carbocycles. The van der Waals surface area contributed by atoms with Gasteiger partial charge in [-0.05, 0) is 23.8 Å². The molecule has 1 amide bonds. The second-order valence-electron chi connectivity index (χ2n) is 4.67. The van der Waals surface area contributed by atoms with Crippen LogP contribution < -0.4 is 5.32 Å². The number of nitrogens with zero attached hydrogens (tertiary/aromatic N) is 1. The number of nitriles is 1. The van der Waals surface area contributed by atoms with Crippen LogP contribution in [0.3, 0.4) is 0 Å². The molecule has 108 valence electrons. The van der Waals surface area contributed by atoms with Crippen molar-refractivity contribution in [2.75, 3.05) is 5.32 Å². The summed E-state index contributed by atoms with van der Waals surface area (Å²) >= 11 is 0. The Morgan fingerprint density at radius 3 is 2.23 bits per heavy atom. The molecule has 0 saturated carbocycles. The van der Waals surface area contributed by atoms with Crippen molar-refractivity contribution in [3.63, 3.8) is 0 Å². The molecule has 0 atom stereocenters. The Balaban J connectivity index is 2.24. The van der Waals surface area contributed by atoms with E-state index in [1.807, 2.05) is 12.1 Å². The standard InChI is InChI=1S/C18H14N2O2/c1-13(21)20-17-9-7-14(8-10-17)11-16(12-19)18(22)15-5-3-2-4-6-15/h2-11H,1H3,(H,20,21). The number of nitrogens with one attached hydrogen (secondary N) is 1. The molecule has 0 radical (unpaired) electrons. The molecule has 0 bridgehead atoms. The van der Waals surface area contributed by atoms with E-state index in [0.29, 0.717) is 11.3 Å². The van der Waals surface area contributed by atoms with Crippen LogP contribution in [-0.4, -0.2) is 11.7 Å². The lowest BCUT2D eigenvalue weighted by Crippen LogP contribution is -2.05. The van der Waals surface area contributed by atoms with Crippen molar-refractivity contribution >= 4 is 23.5 Å². The highest BCUT2D eigenvalue weighted by atomic mass is 16.1. The Labute approximate surface area is 128 Å². The fourth-order valence-corrected chi connectivity index (χ4v) is 1.93. The minimum absolute atomic E-state index is 0.0680. The number of benzene rings is 2. The molecule has 0 fully saturated rings. The van der Waals surface area contributed by atoms with Gasteiger partial charge in [0.25, 0.3) is 0 Å². The topological polar surface area (TPSA) is 70.0 Å². The Kier molecular flexibility index (Phi) is 4.84. The summed E-state index contributed by atoms with van der Waals surface area (Å²) in [6.07, 6.45) is 1.53. The Hall–Kier alpha value is -3.19. The first-order chi connectivity index (χ1) is 10.6. The molecule has 0 aliphatic rings. The summed E-state index contributed by atoms with van der Waals surface area (Å²) in [4.78, 5) is 23.2. The van der Waals surface area contributed by atoms with E-state index in [2.05, 4.69) is 5.32 Å². The largest absolute Gasteiger partial charge is 0.326 e. The Morgan fingerprint density at radius 2 is 1.68 bits per heavy atom. The van der Waals surface area contributed by atoms with E-state index in [0.717, 1.165) is 5.56 Å². The fraction of sp³-hybridized carbons (Fsp3) is 0.0556. The summed E-state index contributed by atoms with van der Waals surface area (Å²) < 4.78 is 0. The van der Waals surface area contributed by atoms with Gasteiger partial charge in [0, 0.05) is 18.2 Å². The van der Waals surface area contributed by atoms with Crippen LogP contribution >= 0.6 is 0 Å². The molecule has 4 nitrogen and oxygen atoms in total. The fourth-order valence-electron chi connectivity index (χ4n) is 1.93. The summed E-state index contributed by atoms with van der Waals surface area (Å²) in [5, 5.41) is 11.9. The van der Waals surface area contributed by atoms with E-state index in [-0.39, 0.29) is 17.3 Å². The van der Waals surface area contributed by atoms with Crippen molar-refractivity contribution in [1.29, 1.82) is 5.26 Å². The minimum Gasteiger partial charge on any atom is -0.326 e. The highest BCUT2D eigenvalue weighted by molar-refractivity contribution is 6.14. The summed E-state index contributed by atoms with van der Waals surface area (Å²) in [5.41, 5.74) is 1.93. The second-order valence-corrected chi connectivity index (χ2v) is 4.67. The third-order valence-electron chi connectivity index (χ3n) is 2.94. The lowest BCUT2D eigenvalue weighted by molar-refractivity contribution is -0.114. The highest BCUT2D eigenvalue weighted by Crippen LogP contribution is 2.15. The molecule has 0 spiro atoms. The molecule has 2 aromatic rings. The predicted octanol–water partition coefficient (Wildman–Crippen LogP) is 3.43. The number of hydrogen-bond acceptors (Lipinski definition) is 3. The average molecular weight is 290 g/mol. The molecule has 0 aromatic heterocycles. The van der Waals surface area contributed by atoms with Crippen LogP contribution in [0.15, 0.2) is 60.2 Å². The third kappa shape index (κ3) is 3.90. The monoisotopic (exact) mass is 290 g/mol. The maximum Gasteiger partial charge on any atom is 0.221 e. The molecule has 1 N–H and O–H groups in total. The van der Waals surface area contributed by atoms with Crippen LogP contribution in [-0.2, 0) is 4.79 Å². The molecular formula is C18H14N2O2. The van der Waals surface area contributed by atoms with E-state index >= 15 is 0 Å². The van der Waals surface area contributed by atoms with Crippen LogP contribution in [0.1, 0.15) is 22.8 Å². The van der Waals surface area contributed by atoms with Gasteiger partial charge in [-0.1, -0.05) is 42.5 Å². The van der Waals surface area contributed by atoms with Crippen molar-refractivity contribution < 1.29 is 9.59 Å². The normalized spacial score (nSPS) is 10.6. The van der Waals surface area contributed by atoms with E-state index in [9.17, 15) is 14.9 Å². The number of Topliss-reactive ketones (excluding diaryl/α,β-unsaturated/α-hetero) is 1. The number of amides is 1. The van der Waals surface area contributed by atoms with E-state index in [4.69, 9.17) is 0 Å². The predicted molar refractivity (Wildman–Crippen MR) is 85.1 cm³/mol. The first-order valence-corrected chi connectivity index (χ1v) is 6.69. The van der Waals surface area contributed by atoms with Gasteiger partial charge < -0.3 is 5.32 Å². The van der Waals surface area contributed by atoms with Crippen molar-refractivity contribution in [2.24, 2.45) is 0 Å². The summed E-state index contributed by atoms with van der Waals surface area (Å²) in [7, 11) is 0. The van der Waals surface area contributed by atoms with Gasteiger partial charge in [0.2, 0.25) is 11.7 Å². The SMILES string of the molecule is CC(=O)Nc1ccc(C=C(C#N)C(=O)c2ccccc2)cc1. The Morgan fingerprint density at radius 1 is 1.05 bits per heavy atom. The molecule has 0 heterocycles. The zero-order valence-corrected chi connectivity index (χ0v) is 12.0. The summed E-state index contributed by atoms with van der Waals surface area (Å²) in [5.74, 6) is -0.464. The number of anilines is 1. The van der Waals surface area contributed by atoms with Crippen LogP contribution in [0, 0.1) is 11.3 Å². The minimum atomic E-state index is -0.311. The van der Waals surface area contributed by atoms with Crippen molar-refractivity contribution in [2.45, 2.75) is 6.92 Å². The van der Waals surface area contributed by atoms with Crippen LogP contribution in [0.2, 0.25) is 0 Å². The van der Waals surface area contributed by atoms with Gasteiger partial charge in [-0.3, -0.25) is 9.59 Å². The van der Waals surface area contributed by atoms with Crippen LogP contribution in [0.5, 0.6) is 0 Å². The van der Waals surface area contributed by atoms with E-state index in [1.54, 1.807) is 48.5 Å². The first kappa shape index (κ1) is 15.2. The first-order valence-electron chi connectivity index (χ1n) is 6.69. The van der Waals surface area contributed by atoms with Gasteiger partial charge in [0.05, 0.1) is 0 Å². The second kappa shape index (κ2) is 7.00. The molecule has 4 heteroatoms. The number of carbonyl (C=O) groups is 2. The van der Waals surface area contributed by atoms with Gasteiger partial charge in [-0.2, -0.15) is 5.26 Å². The van der Waals surface area contributed by atoms with Gasteiger partial charge in [-0.15, -0.1) is 0 Å². The maximum atomic E-state index is 12.2. The molecule has 2 aromatic carbocycles. The summed E-state index contributed by atoms with van der Waals surface area (Å²) in [6.45, 7) is 1.43. The lowest BCUT2D eigenvalue weighted by Gasteiger charge is -2.03. The van der Waals surface area contributed by atoms with Gasteiger partial charge in [0.15, 0.2) is 0 Å². The molecule has 2 rings (SSSR count). The van der Waals surface area contributed by atoms with Gasteiger partial charge in [0.1, 0.15) is 11.6 Å². The smallest absolute Gasteiger partial charge is 0.221 e. The van der Waals surface area contributed by atoms with E-state index < -0.39 is 0 Å². The quantitative estimate of drug-likeness (QED) is 0.532. The van der Waals surface area contributed by atoms with Crippen LogP contribution in [0.25, 0.3) is 6.08 Å². The van der Waals surface area contributed by atoms with Crippen LogP contribution in [0.4, 0.5) is 5.69 Å². The highest BCUT2D eigenvalue weighted by Gasteiger charge is 2.11. The third-order valence-corrected chi connectivity index (χ3v) is 2.94. The molecule has 22 heavy (non-hydrogen) atoms. The zero-order chi connectivity index (χ0) is 15.9. The number of hydrogen-bond donors (Lipinski definition) is 1.